The largest absolute Gasteiger partial charge is 0.497 e. The Morgan fingerprint density at radius 3 is 2.54 bits per heavy atom. The van der Waals surface area contributed by atoms with Crippen LogP contribution in [0.15, 0.2) is 47.4 Å². The van der Waals surface area contributed by atoms with Crippen molar-refractivity contribution in [2.75, 3.05) is 20.8 Å². The lowest BCUT2D eigenvalue weighted by Crippen LogP contribution is -2.46. The third-order valence-corrected chi connectivity index (χ3v) is 6.19. The summed E-state index contributed by atoms with van der Waals surface area (Å²) >= 11 is 0. The van der Waals surface area contributed by atoms with Gasteiger partial charge in [-0.05, 0) is 36.1 Å². The molecule has 1 unspecified atom stereocenters. The third kappa shape index (κ3) is 3.85. The van der Waals surface area contributed by atoms with Crippen molar-refractivity contribution in [1.29, 1.82) is 0 Å². The highest BCUT2D eigenvalue weighted by atomic mass is 32.2. The Morgan fingerprint density at radius 2 is 1.85 bits per heavy atom. The van der Waals surface area contributed by atoms with E-state index in [4.69, 9.17) is 9.47 Å². The molecule has 0 amide bonds. The number of aliphatic hydroxyl groups is 1. The Bertz CT molecular complexity index is 897. The van der Waals surface area contributed by atoms with Gasteiger partial charge in [0, 0.05) is 19.0 Å². The molecular formula is C19H23NO5S. The van der Waals surface area contributed by atoms with Gasteiger partial charge in [-0.25, -0.2) is 13.1 Å². The van der Waals surface area contributed by atoms with Crippen LogP contribution in [0, 0.1) is 0 Å². The van der Waals surface area contributed by atoms with Gasteiger partial charge in [-0.15, -0.1) is 0 Å². The lowest BCUT2D eigenvalue weighted by atomic mass is 9.80. The predicted molar refractivity (Wildman–Crippen MR) is 98.2 cm³/mol. The van der Waals surface area contributed by atoms with E-state index in [9.17, 15) is 13.5 Å². The molecule has 0 spiro atoms. The Morgan fingerprint density at radius 1 is 1.12 bits per heavy atom. The second-order valence-electron chi connectivity index (χ2n) is 6.51. The zero-order chi connectivity index (χ0) is 18.8. The minimum atomic E-state index is -3.83. The zero-order valence-electron chi connectivity index (χ0n) is 14.9. The van der Waals surface area contributed by atoms with Gasteiger partial charge < -0.3 is 14.6 Å². The van der Waals surface area contributed by atoms with E-state index >= 15 is 0 Å². The second-order valence-corrected chi connectivity index (χ2v) is 8.25. The van der Waals surface area contributed by atoms with Gasteiger partial charge in [0.05, 0.1) is 19.8 Å². The van der Waals surface area contributed by atoms with Gasteiger partial charge in [0.2, 0.25) is 10.0 Å². The normalized spacial score (nSPS) is 19.7. The molecule has 1 aliphatic rings. The summed E-state index contributed by atoms with van der Waals surface area (Å²) in [5.74, 6) is 0.696. The van der Waals surface area contributed by atoms with Gasteiger partial charge in [0.25, 0.3) is 0 Å². The topological polar surface area (TPSA) is 84.9 Å². The summed E-state index contributed by atoms with van der Waals surface area (Å²) in [5.41, 5.74) is 1.15. The minimum Gasteiger partial charge on any atom is -0.497 e. The van der Waals surface area contributed by atoms with Gasteiger partial charge >= 0.3 is 0 Å². The van der Waals surface area contributed by atoms with Crippen molar-refractivity contribution in [1.82, 2.24) is 4.72 Å². The van der Waals surface area contributed by atoms with Crippen LogP contribution in [0.1, 0.15) is 17.5 Å². The standard InChI is InChI=1S/C19H23NO5S/c1-24-16-7-8-18(17(11-16)25-2)26(22,23)20-13-19(21)10-9-14-5-3-4-6-15(14)12-19/h3-8,11,20-21H,9-10,12-13H2,1-2H3. The lowest BCUT2D eigenvalue weighted by Gasteiger charge is -2.33. The minimum absolute atomic E-state index is 0.0145. The van der Waals surface area contributed by atoms with Crippen molar-refractivity contribution in [3.8, 4) is 11.5 Å². The monoisotopic (exact) mass is 377 g/mol. The molecule has 0 heterocycles. The fourth-order valence-electron chi connectivity index (χ4n) is 3.24. The maximum atomic E-state index is 12.7. The van der Waals surface area contributed by atoms with Gasteiger partial charge in [-0.3, -0.25) is 0 Å². The van der Waals surface area contributed by atoms with Crippen molar-refractivity contribution >= 4 is 10.0 Å². The number of hydrogen-bond acceptors (Lipinski definition) is 5. The molecule has 2 aromatic carbocycles. The van der Waals surface area contributed by atoms with Crippen LogP contribution in [0.3, 0.4) is 0 Å². The highest BCUT2D eigenvalue weighted by molar-refractivity contribution is 7.89. The molecule has 1 atom stereocenters. The summed E-state index contributed by atoms with van der Waals surface area (Å²) in [6, 6.07) is 12.4. The Balaban J connectivity index is 1.77. The summed E-state index contributed by atoms with van der Waals surface area (Å²) in [5, 5.41) is 10.9. The van der Waals surface area contributed by atoms with Crippen LogP contribution in [0.4, 0.5) is 0 Å². The molecule has 0 aromatic heterocycles. The first-order valence-corrected chi connectivity index (χ1v) is 9.86. The van der Waals surface area contributed by atoms with Gasteiger partial charge in [-0.2, -0.15) is 0 Å². The highest BCUT2D eigenvalue weighted by Crippen LogP contribution is 2.30. The van der Waals surface area contributed by atoms with Crippen molar-refractivity contribution in [3.63, 3.8) is 0 Å². The van der Waals surface area contributed by atoms with E-state index in [2.05, 4.69) is 4.72 Å². The summed E-state index contributed by atoms with van der Waals surface area (Å²) in [7, 11) is -0.934. The molecule has 140 valence electrons. The molecule has 2 aromatic rings. The van der Waals surface area contributed by atoms with Crippen LogP contribution in [0.5, 0.6) is 11.5 Å². The molecule has 26 heavy (non-hydrogen) atoms. The lowest BCUT2D eigenvalue weighted by molar-refractivity contribution is 0.0317. The number of fused-ring (bicyclic) bond motifs is 1. The molecule has 6 nitrogen and oxygen atoms in total. The van der Waals surface area contributed by atoms with E-state index in [0.717, 1.165) is 12.0 Å². The quantitative estimate of drug-likeness (QED) is 0.803. The van der Waals surface area contributed by atoms with Crippen LogP contribution in [-0.2, 0) is 22.9 Å². The van der Waals surface area contributed by atoms with Crippen LogP contribution >= 0.6 is 0 Å². The van der Waals surface area contributed by atoms with E-state index in [-0.39, 0.29) is 17.2 Å². The van der Waals surface area contributed by atoms with Gasteiger partial charge in [0.15, 0.2) is 0 Å². The molecule has 1 aliphatic carbocycles. The summed E-state index contributed by atoms with van der Waals surface area (Å²) in [4.78, 5) is 0.0145. The van der Waals surface area contributed by atoms with Crippen molar-refractivity contribution in [3.05, 3.63) is 53.6 Å². The van der Waals surface area contributed by atoms with E-state index in [0.29, 0.717) is 18.6 Å². The van der Waals surface area contributed by atoms with Crippen LogP contribution < -0.4 is 14.2 Å². The van der Waals surface area contributed by atoms with E-state index in [1.54, 1.807) is 6.07 Å². The van der Waals surface area contributed by atoms with Crippen LogP contribution in [-0.4, -0.2) is 39.9 Å². The molecule has 0 saturated carbocycles. The summed E-state index contributed by atoms with van der Waals surface area (Å²) in [6.07, 6.45) is 1.65. The number of sulfonamides is 1. The SMILES string of the molecule is COc1ccc(S(=O)(=O)NCC2(O)CCc3ccccc3C2)c(OC)c1. The fraction of sp³-hybridized carbons (Fsp3) is 0.368. The van der Waals surface area contributed by atoms with E-state index < -0.39 is 15.6 Å². The van der Waals surface area contributed by atoms with Crippen molar-refractivity contribution in [2.45, 2.75) is 29.8 Å². The molecule has 0 bridgehead atoms. The maximum absolute atomic E-state index is 12.7. The van der Waals surface area contributed by atoms with E-state index in [1.165, 1.54) is 31.9 Å². The molecule has 2 N–H and O–H groups in total. The first kappa shape index (κ1) is 18.7. The van der Waals surface area contributed by atoms with Crippen molar-refractivity contribution < 1.29 is 23.0 Å². The van der Waals surface area contributed by atoms with Crippen LogP contribution in [0.2, 0.25) is 0 Å². The van der Waals surface area contributed by atoms with Gasteiger partial charge in [-0.1, -0.05) is 24.3 Å². The Hall–Kier alpha value is -2.09. The summed E-state index contributed by atoms with van der Waals surface area (Å²) in [6.45, 7) is -0.0567. The molecule has 0 radical (unpaired) electrons. The predicted octanol–water partition coefficient (Wildman–Crippen LogP) is 1.90. The number of methoxy groups -OCH3 is 2. The highest BCUT2D eigenvalue weighted by Gasteiger charge is 2.34. The third-order valence-electron chi connectivity index (χ3n) is 4.75. The van der Waals surface area contributed by atoms with Gasteiger partial charge in [0.1, 0.15) is 16.4 Å². The summed E-state index contributed by atoms with van der Waals surface area (Å²) < 4.78 is 38.2. The van der Waals surface area contributed by atoms with E-state index in [1.807, 2.05) is 24.3 Å². The smallest absolute Gasteiger partial charge is 0.244 e. The molecule has 0 saturated heterocycles. The molecule has 0 fully saturated rings. The molecule has 0 aliphatic heterocycles. The molecular weight excluding hydrogens is 354 g/mol. The first-order valence-electron chi connectivity index (χ1n) is 8.38. The number of aryl methyl sites for hydroxylation is 1. The second kappa shape index (κ2) is 7.26. The number of nitrogens with one attached hydrogen (secondary N) is 1. The number of benzene rings is 2. The first-order chi connectivity index (χ1) is 12.4. The Labute approximate surface area is 153 Å². The fourth-order valence-corrected chi connectivity index (χ4v) is 4.51. The average molecular weight is 377 g/mol. The van der Waals surface area contributed by atoms with Crippen molar-refractivity contribution in [2.24, 2.45) is 0 Å². The van der Waals surface area contributed by atoms with Crippen LogP contribution in [0.25, 0.3) is 0 Å². The zero-order valence-corrected chi connectivity index (χ0v) is 15.7. The number of rotatable bonds is 6. The maximum Gasteiger partial charge on any atom is 0.244 e. The Kier molecular flexibility index (Phi) is 5.22. The molecule has 7 heteroatoms. The number of ether oxygens (including phenoxy) is 2. The molecule has 3 rings (SSSR count). The number of hydrogen-bond donors (Lipinski definition) is 2. The average Bonchev–Trinajstić information content (AvgIpc) is 2.66.